The maximum Gasteiger partial charge on any atom is 0.573 e. The first kappa shape index (κ1) is 14.8. The number of nitriles is 1. The second-order valence-electron chi connectivity index (χ2n) is 4.07. The molecule has 21 heavy (non-hydrogen) atoms. The fraction of sp³-hybridized carbons (Fsp3) is 0.143. The van der Waals surface area contributed by atoms with Crippen LogP contribution in [0.5, 0.6) is 5.75 Å². The molecule has 2 aromatic rings. The molecule has 7 heteroatoms. The lowest BCUT2D eigenvalue weighted by Crippen LogP contribution is -2.17. The molecular weight excluding hydrogens is 288 g/mol. The van der Waals surface area contributed by atoms with Crippen LogP contribution >= 0.6 is 0 Å². The highest BCUT2D eigenvalue weighted by Gasteiger charge is 2.31. The van der Waals surface area contributed by atoms with Crippen LogP contribution in [0.2, 0.25) is 0 Å². The van der Waals surface area contributed by atoms with Crippen molar-refractivity contribution in [2.24, 2.45) is 0 Å². The molecule has 0 spiro atoms. The van der Waals surface area contributed by atoms with Crippen molar-refractivity contribution in [3.05, 3.63) is 47.9 Å². The normalized spacial score (nSPS) is 11.0. The molecule has 2 rings (SSSR count). The number of hydrogen-bond acceptors (Lipinski definition) is 3. The van der Waals surface area contributed by atoms with Crippen LogP contribution in [0.1, 0.15) is 5.56 Å². The quantitative estimate of drug-likeness (QED) is 0.808. The van der Waals surface area contributed by atoms with Crippen molar-refractivity contribution in [1.29, 1.82) is 5.26 Å². The van der Waals surface area contributed by atoms with Crippen molar-refractivity contribution in [1.82, 2.24) is 4.98 Å². The Morgan fingerprint density at radius 3 is 2.67 bits per heavy atom. The molecule has 1 aromatic carbocycles. The summed E-state index contributed by atoms with van der Waals surface area (Å²) in [5.74, 6) is -1.03. The highest BCUT2D eigenvalue weighted by Crippen LogP contribution is 2.29. The monoisotopic (exact) mass is 296 g/mol. The van der Waals surface area contributed by atoms with Crippen molar-refractivity contribution in [2.75, 3.05) is 0 Å². The summed E-state index contributed by atoms with van der Waals surface area (Å²) in [7, 11) is 0. The number of halogens is 4. The van der Waals surface area contributed by atoms with Crippen LogP contribution in [0.4, 0.5) is 17.6 Å². The van der Waals surface area contributed by atoms with Crippen LogP contribution in [-0.4, -0.2) is 11.3 Å². The molecule has 0 aliphatic heterocycles. The van der Waals surface area contributed by atoms with Crippen LogP contribution in [0.25, 0.3) is 11.3 Å². The zero-order chi connectivity index (χ0) is 15.5. The second kappa shape index (κ2) is 5.79. The fourth-order valence-electron chi connectivity index (χ4n) is 1.80. The molecule has 108 valence electrons. The SMILES string of the molecule is N#CCc1cc(F)cnc1-c1cccc(OC(F)(F)F)c1. The van der Waals surface area contributed by atoms with Crippen molar-refractivity contribution in [3.8, 4) is 23.1 Å². The molecule has 1 aromatic heterocycles. The summed E-state index contributed by atoms with van der Waals surface area (Å²) in [5.41, 5.74) is 0.842. The minimum atomic E-state index is -4.80. The lowest BCUT2D eigenvalue weighted by atomic mass is 10.0. The smallest absolute Gasteiger partial charge is 0.406 e. The van der Waals surface area contributed by atoms with Gasteiger partial charge in [0.1, 0.15) is 11.6 Å². The average molecular weight is 296 g/mol. The molecular formula is C14H8F4N2O. The van der Waals surface area contributed by atoms with E-state index >= 15 is 0 Å². The van der Waals surface area contributed by atoms with Crippen LogP contribution in [-0.2, 0) is 6.42 Å². The zero-order valence-electron chi connectivity index (χ0n) is 10.5. The highest BCUT2D eigenvalue weighted by atomic mass is 19.4. The molecule has 3 nitrogen and oxygen atoms in total. The van der Waals surface area contributed by atoms with Gasteiger partial charge in [0.15, 0.2) is 0 Å². The van der Waals surface area contributed by atoms with E-state index < -0.39 is 17.9 Å². The van der Waals surface area contributed by atoms with Gasteiger partial charge < -0.3 is 4.74 Å². The van der Waals surface area contributed by atoms with Gasteiger partial charge in [0, 0.05) is 5.56 Å². The predicted molar refractivity (Wildman–Crippen MR) is 65.6 cm³/mol. The van der Waals surface area contributed by atoms with Crippen molar-refractivity contribution in [3.63, 3.8) is 0 Å². The number of alkyl halides is 3. The summed E-state index contributed by atoms with van der Waals surface area (Å²) in [6.45, 7) is 0. The number of nitrogens with zero attached hydrogens (tertiary/aromatic N) is 2. The largest absolute Gasteiger partial charge is 0.573 e. The molecule has 0 atom stereocenters. The maximum atomic E-state index is 13.1. The van der Waals surface area contributed by atoms with Gasteiger partial charge in [-0.05, 0) is 23.8 Å². The van der Waals surface area contributed by atoms with Gasteiger partial charge in [-0.2, -0.15) is 5.26 Å². The number of aromatic nitrogens is 1. The summed E-state index contributed by atoms with van der Waals surface area (Å²) >= 11 is 0. The minimum absolute atomic E-state index is 0.107. The third kappa shape index (κ3) is 3.92. The number of benzene rings is 1. The number of pyridine rings is 1. The van der Waals surface area contributed by atoms with E-state index in [9.17, 15) is 17.6 Å². The summed E-state index contributed by atoms with van der Waals surface area (Å²) in [6.07, 6.45) is -3.97. The number of hydrogen-bond donors (Lipinski definition) is 0. The average Bonchev–Trinajstić information content (AvgIpc) is 2.37. The third-order valence-corrected chi connectivity index (χ3v) is 2.54. The highest BCUT2D eigenvalue weighted by molar-refractivity contribution is 5.65. The Morgan fingerprint density at radius 1 is 1.24 bits per heavy atom. The lowest BCUT2D eigenvalue weighted by Gasteiger charge is -2.11. The van der Waals surface area contributed by atoms with Crippen LogP contribution in [0, 0.1) is 17.1 Å². The topological polar surface area (TPSA) is 45.9 Å². The second-order valence-corrected chi connectivity index (χ2v) is 4.07. The van der Waals surface area contributed by atoms with Crippen molar-refractivity contribution < 1.29 is 22.3 Å². The molecule has 0 amide bonds. The molecule has 0 aliphatic carbocycles. The van der Waals surface area contributed by atoms with Gasteiger partial charge in [-0.1, -0.05) is 12.1 Å². The van der Waals surface area contributed by atoms with E-state index in [1.165, 1.54) is 12.1 Å². The molecule has 1 heterocycles. The standard InChI is InChI=1S/C14H8F4N2O/c15-11-6-10(4-5-19)13(20-8-11)9-2-1-3-12(7-9)21-14(16,17)18/h1-3,6-8H,4H2. The van der Waals surface area contributed by atoms with Crippen LogP contribution in [0.3, 0.4) is 0 Å². The van der Waals surface area contributed by atoms with Gasteiger partial charge in [0.05, 0.1) is 24.4 Å². The fourth-order valence-corrected chi connectivity index (χ4v) is 1.80. The Bertz CT molecular complexity index is 692. The van der Waals surface area contributed by atoms with Gasteiger partial charge in [-0.25, -0.2) is 4.39 Å². The van der Waals surface area contributed by atoms with E-state index in [0.717, 1.165) is 24.4 Å². The first-order valence-electron chi connectivity index (χ1n) is 5.76. The minimum Gasteiger partial charge on any atom is -0.406 e. The number of rotatable bonds is 3. The Morgan fingerprint density at radius 2 is 2.00 bits per heavy atom. The van der Waals surface area contributed by atoms with E-state index in [1.807, 2.05) is 6.07 Å². The Balaban J connectivity index is 2.43. The van der Waals surface area contributed by atoms with Gasteiger partial charge in [0.25, 0.3) is 0 Å². The third-order valence-electron chi connectivity index (χ3n) is 2.54. The molecule has 0 bridgehead atoms. The summed E-state index contributed by atoms with van der Waals surface area (Å²) < 4.78 is 53.6. The molecule has 0 N–H and O–H groups in total. The Kier molecular flexibility index (Phi) is 4.08. The van der Waals surface area contributed by atoms with E-state index in [-0.39, 0.29) is 12.1 Å². The van der Waals surface area contributed by atoms with Gasteiger partial charge in [0.2, 0.25) is 0 Å². The van der Waals surface area contributed by atoms with Crippen molar-refractivity contribution >= 4 is 0 Å². The van der Waals surface area contributed by atoms with E-state index in [2.05, 4.69) is 9.72 Å². The zero-order valence-corrected chi connectivity index (χ0v) is 10.5. The van der Waals surface area contributed by atoms with Gasteiger partial charge >= 0.3 is 6.36 Å². The summed E-state index contributed by atoms with van der Waals surface area (Å²) in [5, 5.41) is 8.72. The lowest BCUT2D eigenvalue weighted by molar-refractivity contribution is -0.274. The molecule has 0 unspecified atom stereocenters. The van der Waals surface area contributed by atoms with Crippen LogP contribution < -0.4 is 4.74 Å². The summed E-state index contributed by atoms with van der Waals surface area (Å²) in [4.78, 5) is 3.84. The molecule has 0 radical (unpaired) electrons. The first-order chi connectivity index (χ1) is 9.89. The van der Waals surface area contributed by atoms with E-state index in [0.29, 0.717) is 11.1 Å². The number of ether oxygens (including phenoxy) is 1. The first-order valence-corrected chi connectivity index (χ1v) is 5.76. The van der Waals surface area contributed by atoms with Crippen molar-refractivity contribution in [2.45, 2.75) is 12.8 Å². The van der Waals surface area contributed by atoms with E-state index in [4.69, 9.17) is 5.26 Å². The maximum absolute atomic E-state index is 13.1. The van der Waals surface area contributed by atoms with Crippen LogP contribution in [0.15, 0.2) is 36.5 Å². The Hall–Kier alpha value is -2.62. The molecule has 0 saturated carbocycles. The van der Waals surface area contributed by atoms with Gasteiger partial charge in [-0.3, -0.25) is 4.98 Å². The summed E-state index contributed by atoms with van der Waals surface area (Å²) in [6, 6.07) is 8.12. The molecule has 0 aliphatic rings. The molecule has 0 saturated heterocycles. The molecule has 0 fully saturated rings. The van der Waals surface area contributed by atoms with E-state index in [1.54, 1.807) is 0 Å². The Labute approximate surface area is 117 Å². The predicted octanol–water partition coefficient (Wildman–Crippen LogP) is 3.85. The van der Waals surface area contributed by atoms with Gasteiger partial charge in [-0.15, -0.1) is 13.2 Å².